The topological polar surface area (TPSA) is 88.9 Å². The molecule has 0 aliphatic heterocycles. The number of pyridine rings is 1. The lowest BCUT2D eigenvalue weighted by molar-refractivity contribution is -0.137. The molecule has 2 aromatic heterocycles. The number of hydrogen-bond donors (Lipinski definition) is 2. The van der Waals surface area contributed by atoms with Crippen molar-refractivity contribution in [2.45, 2.75) is 38.7 Å². The number of carbonyl (C=O) groups excluding carboxylic acids is 2. The fraction of sp³-hybridized carbons (Fsp3) is 0.231. The predicted molar refractivity (Wildman–Crippen MR) is 133 cm³/mol. The zero-order valence-electron chi connectivity index (χ0n) is 20.0. The fourth-order valence-electron chi connectivity index (χ4n) is 3.98. The van der Waals surface area contributed by atoms with Gasteiger partial charge in [-0.2, -0.15) is 13.2 Å². The van der Waals surface area contributed by atoms with Crippen molar-refractivity contribution in [2.24, 2.45) is 0 Å². The molecule has 2 heterocycles. The monoisotopic (exact) mass is 547 g/mol. The van der Waals surface area contributed by atoms with Crippen molar-refractivity contribution in [3.63, 3.8) is 0 Å². The third-order valence-electron chi connectivity index (χ3n) is 5.72. The van der Waals surface area contributed by atoms with Crippen LogP contribution in [0.5, 0.6) is 0 Å². The molecule has 0 aliphatic rings. The first-order valence-corrected chi connectivity index (χ1v) is 11.8. The summed E-state index contributed by atoms with van der Waals surface area (Å²) in [4.78, 5) is 33.7. The van der Waals surface area contributed by atoms with Gasteiger partial charge in [-0.25, -0.2) is 14.4 Å². The maximum Gasteiger partial charge on any atom is 0.416 e. The number of fused-ring (bicyclic) bond motifs is 1. The highest BCUT2D eigenvalue weighted by Gasteiger charge is 2.31. The van der Waals surface area contributed by atoms with Gasteiger partial charge in [0.15, 0.2) is 5.65 Å². The van der Waals surface area contributed by atoms with Crippen molar-refractivity contribution < 1.29 is 27.2 Å². The summed E-state index contributed by atoms with van der Waals surface area (Å²) in [5, 5.41) is 5.16. The Kier molecular flexibility index (Phi) is 7.96. The molecule has 1 atom stereocenters. The van der Waals surface area contributed by atoms with Crippen LogP contribution in [-0.2, 0) is 35.3 Å². The predicted octanol–water partition coefficient (Wildman–Crippen LogP) is 4.65. The van der Waals surface area contributed by atoms with Gasteiger partial charge in [0.05, 0.1) is 23.7 Å². The summed E-state index contributed by atoms with van der Waals surface area (Å²) in [6.07, 6.45) is -3.10. The van der Waals surface area contributed by atoms with E-state index in [1.54, 1.807) is 29.0 Å². The minimum Gasteiger partial charge on any atom is -0.347 e. The Morgan fingerprint density at radius 2 is 1.87 bits per heavy atom. The van der Waals surface area contributed by atoms with E-state index in [1.807, 2.05) is 0 Å². The highest BCUT2D eigenvalue weighted by Crippen LogP contribution is 2.29. The van der Waals surface area contributed by atoms with Gasteiger partial charge in [-0.1, -0.05) is 35.9 Å². The highest BCUT2D eigenvalue weighted by molar-refractivity contribution is 6.30. The Bertz CT molecular complexity index is 1490. The van der Waals surface area contributed by atoms with E-state index >= 15 is 0 Å². The lowest BCUT2D eigenvalue weighted by Gasteiger charge is -2.19. The second kappa shape index (κ2) is 11.2. The number of aromatic nitrogens is 3. The first kappa shape index (κ1) is 27.1. The molecule has 2 amide bonds. The number of rotatable bonds is 8. The first-order valence-electron chi connectivity index (χ1n) is 11.5. The van der Waals surface area contributed by atoms with Crippen LogP contribution in [0.4, 0.5) is 17.6 Å². The van der Waals surface area contributed by atoms with Crippen LogP contribution in [0.15, 0.2) is 60.8 Å². The van der Waals surface area contributed by atoms with E-state index in [4.69, 9.17) is 11.6 Å². The summed E-state index contributed by atoms with van der Waals surface area (Å²) in [6, 6.07) is 11.2. The van der Waals surface area contributed by atoms with E-state index in [0.29, 0.717) is 22.6 Å². The Morgan fingerprint density at radius 1 is 1.08 bits per heavy atom. The molecule has 0 spiro atoms. The van der Waals surface area contributed by atoms with E-state index in [2.05, 4.69) is 20.6 Å². The van der Waals surface area contributed by atoms with Gasteiger partial charge in [0.2, 0.25) is 11.8 Å². The third-order valence-corrected chi connectivity index (χ3v) is 6.01. The number of nitrogens with one attached hydrogen (secondary N) is 2. The van der Waals surface area contributed by atoms with Crippen molar-refractivity contribution in [3.8, 4) is 0 Å². The molecule has 0 fully saturated rings. The molecule has 4 aromatic rings. The number of nitrogens with zero attached hydrogens (tertiary/aromatic N) is 3. The quantitative estimate of drug-likeness (QED) is 0.314. The molecule has 0 radical (unpaired) electrons. The van der Waals surface area contributed by atoms with E-state index in [0.717, 1.165) is 12.1 Å². The van der Waals surface area contributed by atoms with Gasteiger partial charge >= 0.3 is 6.18 Å². The number of alkyl halides is 3. The Hall–Kier alpha value is -3.99. The summed E-state index contributed by atoms with van der Waals surface area (Å²) in [7, 11) is 0. The first-order chi connectivity index (χ1) is 18.0. The molecule has 0 bridgehead atoms. The van der Waals surface area contributed by atoms with E-state index in [9.17, 15) is 27.2 Å². The highest BCUT2D eigenvalue weighted by atomic mass is 35.5. The summed E-state index contributed by atoms with van der Waals surface area (Å²) in [5.41, 5.74) is 1.15. The number of halogens is 5. The average Bonchev–Trinajstić information content (AvgIpc) is 3.21. The molecule has 12 heteroatoms. The maximum atomic E-state index is 13.6. The van der Waals surface area contributed by atoms with Crippen LogP contribution < -0.4 is 10.6 Å². The summed E-state index contributed by atoms with van der Waals surface area (Å²) >= 11 is 5.92. The summed E-state index contributed by atoms with van der Waals surface area (Å²) in [5.74, 6) is -1.25. The zero-order valence-corrected chi connectivity index (χ0v) is 20.8. The number of hydrogen-bond acceptors (Lipinski definition) is 4. The summed E-state index contributed by atoms with van der Waals surface area (Å²) in [6.45, 7) is 1.38. The molecule has 0 unspecified atom stereocenters. The number of imidazole rings is 1. The number of benzene rings is 2. The number of carbonyl (C=O) groups is 2. The van der Waals surface area contributed by atoms with Crippen LogP contribution in [-0.4, -0.2) is 32.4 Å². The average molecular weight is 548 g/mol. The smallest absolute Gasteiger partial charge is 0.347 e. The lowest BCUT2D eigenvalue weighted by Crippen LogP contribution is -2.47. The standard InChI is InChI=1S/C26H22ClF4N5O2/c1-15(37)34-22(12-16-4-2-5-18(10-16)26(29,30)31)25(38)33-13-23-35-21-6-3-9-32-24(21)36(23)14-17-7-8-20(28)19(27)11-17/h2-11,22H,12-14H2,1H3,(H,33,38)(H,34,37)/t22-/m1/s1. The van der Waals surface area contributed by atoms with Gasteiger partial charge in [-0.05, 0) is 41.5 Å². The molecule has 0 saturated carbocycles. The van der Waals surface area contributed by atoms with Crippen molar-refractivity contribution >= 4 is 34.6 Å². The molecule has 38 heavy (non-hydrogen) atoms. The second-order valence-corrected chi connectivity index (χ2v) is 8.99. The van der Waals surface area contributed by atoms with Crippen LogP contribution >= 0.6 is 11.6 Å². The van der Waals surface area contributed by atoms with Crippen molar-refractivity contribution in [2.75, 3.05) is 0 Å². The van der Waals surface area contributed by atoms with E-state index in [1.165, 1.54) is 31.2 Å². The molecule has 4 rings (SSSR count). The normalized spacial score (nSPS) is 12.4. The molecule has 7 nitrogen and oxygen atoms in total. The Balaban J connectivity index is 1.55. The van der Waals surface area contributed by atoms with Crippen molar-refractivity contribution in [3.05, 3.63) is 94.1 Å². The Labute approximate surface area is 219 Å². The van der Waals surface area contributed by atoms with Gasteiger partial charge in [0.25, 0.3) is 0 Å². The minimum atomic E-state index is -4.54. The number of amides is 2. The maximum absolute atomic E-state index is 13.6. The van der Waals surface area contributed by atoms with Gasteiger partial charge < -0.3 is 15.2 Å². The lowest BCUT2D eigenvalue weighted by atomic mass is 10.0. The van der Waals surface area contributed by atoms with Gasteiger partial charge in [0.1, 0.15) is 23.2 Å². The molecule has 2 N–H and O–H groups in total. The fourth-order valence-corrected chi connectivity index (χ4v) is 4.18. The second-order valence-electron chi connectivity index (χ2n) is 8.58. The summed E-state index contributed by atoms with van der Waals surface area (Å²) < 4.78 is 54.7. The third kappa shape index (κ3) is 6.46. The van der Waals surface area contributed by atoms with E-state index < -0.39 is 35.4 Å². The minimum absolute atomic E-state index is 0.0394. The van der Waals surface area contributed by atoms with Crippen LogP contribution in [0.1, 0.15) is 29.4 Å². The largest absolute Gasteiger partial charge is 0.416 e. The van der Waals surface area contributed by atoms with Crippen LogP contribution in [0, 0.1) is 5.82 Å². The molecule has 2 aromatic carbocycles. The molecule has 198 valence electrons. The van der Waals surface area contributed by atoms with Crippen LogP contribution in [0.3, 0.4) is 0 Å². The molecular weight excluding hydrogens is 526 g/mol. The van der Waals surface area contributed by atoms with Crippen molar-refractivity contribution in [1.29, 1.82) is 0 Å². The van der Waals surface area contributed by atoms with E-state index in [-0.39, 0.29) is 30.1 Å². The van der Waals surface area contributed by atoms with Gasteiger partial charge in [0, 0.05) is 19.5 Å². The van der Waals surface area contributed by atoms with Crippen LogP contribution in [0.25, 0.3) is 11.2 Å². The van der Waals surface area contributed by atoms with Gasteiger partial charge in [-0.15, -0.1) is 0 Å². The SMILES string of the molecule is CC(=O)N[C@H](Cc1cccc(C(F)(F)F)c1)C(=O)NCc1nc2cccnc2n1Cc1ccc(F)c(Cl)c1. The molecule has 0 aliphatic carbocycles. The van der Waals surface area contributed by atoms with Gasteiger partial charge in [-0.3, -0.25) is 9.59 Å². The van der Waals surface area contributed by atoms with Crippen LogP contribution in [0.2, 0.25) is 5.02 Å². The zero-order chi connectivity index (χ0) is 27.4. The Morgan fingerprint density at radius 3 is 2.58 bits per heavy atom. The van der Waals surface area contributed by atoms with Crippen molar-refractivity contribution in [1.82, 2.24) is 25.2 Å². The molecular formula is C26H22ClF4N5O2. The molecule has 0 saturated heterocycles.